The van der Waals surface area contributed by atoms with E-state index in [0.717, 1.165) is 37.9 Å². The molecular formula is C11H12ClF2N. The van der Waals surface area contributed by atoms with Gasteiger partial charge >= 0.3 is 0 Å². The van der Waals surface area contributed by atoms with E-state index in [4.69, 9.17) is 11.6 Å². The summed E-state index contributed by atoms with van der Waals surface area (Å²) in [4.78, 5) is 0. The van der Waals surface area contributed by atoms with Crippen molar-refractivity contribution in [3.05, 3.63) is 34.4 Å². The van der Waals surface area contributed by atoms with Crippen LogP contribution in [0.2, 0.25) is 5.02 Å². The summed E-state index contributed by atoms with van der Waals surface area (Å²) >= 11 is 5.78. The summed E-state index contributed by atoms with van der Waals surface area (Å²) in [7, 11) is 0. The van der Waals surface area contributed by atoms with Crippen molar-refractivity contribution >= 4 is 11.6 Å². The summed E-state index contributed by atoms with van der Waals surface area (Å²) in [5.41, 5.74) is 0.274. The second kappa shape index (κ2) is 4.45. The predicted octanol–water partition coefficient (Wildman–Crippen LogP) is 3.43. The molecule has 0 unspecified atom stereocenters. The molecule has 1 nitrogen and oxygen atoms in total. The van der Waals surface area contributed by atoms with Gasteiger partial charge in [0.1, 0.15) is 11.6 Å². The molecule has 1 saturated heterocycles. The van der Waals surface area contributed by atoms with Crippen LogP contribution in [0, 0.1) is 11.6 Å². The van der Waals surface area contributed by atoms with Crippen LogP contribution in [0.3, 0.4) is 0 Å². The molecule has 0 bridgehead atoms. The lowest BCUT2D eigenvalue weighted by Gasteiger charge is -2.25. The number of piperidine rings is 1. The van der Waals surface area contributed by atoms with Crippen LogP contribution in [0.25, 0.3) is 0 Å². The molecule has 0 aromatic heterocycles. The van der Waals surface area contributed by atoms with Crippen LogP contribution >= 0.6 is 11.6 Å². The molecular weight excluding hydrogens is 220 g/mol. The molecule has 4 heteroatoms. The van der Waals surface area contributed by atoms with Gasteiger partial charge in [0.05, 0.1) is 5.02 Å². The Labute approximate surface area is 92.4 Å². The fourth-order valence-electron chi connectivity index (χ4n) is 1.96. The summed E-state index contributed by atoms with van der Waals surface area (Å²) in [5, 5.41) is 3.06. The van der Waals surface area contributed by atoms with E-state index < -0.39 is 11.6 Å². The Morgan fingerprint density at radius 3 is 2.60 bits per heavy atom. The third-order valence-electron chi connectivity index (χ3n) is 2.74. The number of hydrogen-bond acceptors (Lipinski definition) is 1. The molecule has 0 amide bonds. The topological polar surface area (TPSA) is 12.0 Å². The van der Waals surface area contributed by atoms with Gasteiger partial charge < -0.3 is 5.32 Å². The van der Waals surface area contributed by atoms with Crippen molar-refractivity contribution in [1.29, 1.82) is 0 Å². The molecule has 1 fully saturated rings. The van der Waals surface area contributed by atoms with Gasteiger partial charge in [-0.3, -0.25) is 0 Å². The Hall–Kier alpha value is -0.670. The zero-order chi connectivity index (χ0) is 10.8. The van der Waals surface area contributed by atoms with Gasteiger partial charge in [-0.1, -0.05) is 18.0 Å². The summed E-state index contributed by atoms with van der Waals surface area (Å²) in [5.74, 6) is -0.985. The maximum Gasteiger partial charge on any atom is 0.142 e. The molecule has 2 rings (SSSR count). The molecule has 0 radical (unpaired) electrons. The van der Waals surface area contributed by atoms with Gasteiger partial charge in [0.15, 0.2) is 0 Å². The molecule has 82 valence electrons. The number of rotatable bonds is 1. The molecule has 1 heterocycles. The highest BCUT2D eigenvalue weighted by molar-refractivity contribution is 6.31. The highest BCUT2D eigenvalue weighted by Crippen LogP contribution is 2.32. The number of nitrogens with one attached hydrogen (secondary N) is 1. The quantitative estimate of drug-likeness (QED) is 0.731. The average molecular weight is 232 g/mol. The fourth-order valence-corrected chi connectivity index (χ4v) is 2.25. The zero-order valence-corrected chi connectivity index (χ0v) is 8.95. The van der Waals surface area contributed by atoms with E-state index >= 15 is 0 Å². The minimum absolute atomic E-state index is 0.0885. The van der Waals surface area contributed by atoms with Crippen molar-refractivity contribution in [3.63, 3.8) is 0 Å². The molecule has 1 aliphatic heterocycles. The Bertz CT molecular complexity index is 362. The lowest BCUT2D eigenvalue weighted by Crippen LogP contribution is -2.28. The molecule has 15 heavy (non-hydrogen) atoms. The zero-order valence-electron chi connectivity index (χ0n) is 8.19. The van der Waals surface area contributed by atoms with Crippen molar-refractivity contribution in [2.45, 2.75) is 25.3 Å². The summed E-state index contributed by atoms with van der Waals surface area (Å²) in [6.45, 7) is 0.830. The van der Waals surface area contributed by atoms with Gasteiger partial charge in [0, 0.05) is 11.6 Å². The van der Waals surface area contributed by atoms with Gasteiger partial charge in [-0.05, 0) is 31.5 Å². The lowest BCUT2D eigenvalue weighted by atomic mass is 9.97. The maximum atomic E-state index is 13.5. The normalized spacial score (nSPS) is 21.7. The standard InChI is InChI=1S/C11H12ClF2N/c12-11-8(14)5-4-7(13)10(11)9-3-1-2-6-15-9/h4-5,9,15H,1-3,6H2/t9-/m0/s1. The van der Waals surface area contributed by atoms with E-state index in [1.807, 2.05) is 0 Å². The van der Waals surface area contributed by atoms with E-state index in [-0.39, 0.29) is 16.6 Å². The van der Waals surface area contributed by atoms with E-state index in [1.54, 1.807) is 0 Å². The molecule has 1 N–H and O–H groups in total. The SMILES string of the molecule is Fc1ccc(F)c([C@@H]2CCCCN2)c1Cl. The number of halogens is 3. The molecule has 0 saturated carbocycles. The first-order chi connectivity index (χ1) is 7.20. The van der Waals surface area contributed by atoms with E-state index in [2.05, 4.69) is 5.32 Å². The highest BCUT2D eigenvalue weighted by Gasteiger charge is 2.22. The largest absolute Gasteiger partial charge is 0.310 e. The van der Waals surface area contributed by atoms with Gasteiger partial charge in [-0.15, -0.1) is 0 Å². The molecule has 0 spiro atoms. The molecule has 1 aliphatic rings. The minimum Gasteiger partial charge on any atom is -0.310 e. The second-order valence-corrected chi connectivity index (χ2v) is 4.14. The molecule has 1 aromatic rings. The van der Waals surface area contributed by atoms with Crippen LogP contribution in [-0.4, -0.2) is 6.54 Å². The first-order valence-electron chi connectivity index (χ1n) is 5.07. The minimum atomic E-state index is -0.555. The fraction of sp³-hybridized carbons (Fsp3) is 0.455. The number of hydrogen-bond donors (Lipinski definition) is 1. The van der Waals surface area contributed by atoms with Gasteiger partial charge in [-0.25, -0.2) is 8.78 Å². The predicted molar refractivity (Wildman–Crippen MR) is 56.0 cm³/mol. The summed E-state index contributed by atoms with van der Waals surface area (Å²) in [6, 6.07) is 2.04. The summed E-state index contributed by atoms with van der Waals surface area (Å²) < 4.78 is 26.7. The molecule has 1 aromatic carbocycles. The van der Waals surface area contributed by atoms with Gasteiger partial charge in [0.25, 0.3) is 0 Å². The van der Waals surface area contributed by atoms with E-state index in [0.29, 0.717) is 0 Å². The maximum absolute atomic E-state index is 13.5. The Morgan fingerprint density at radius 1 is 1.20 bits per heavy atom. The van der Waals surface area contributed by atoms with Crippen LogP contribution < -0.4 is 5.32 Å². The highest BCUT2D eigenvalue weighted by atomic mass is 35.5. The lowest BCUT2D eigenvalue weighted by molar-refractivity contribution is 0.398. The van der Waals surface area contributed by atoms with Crippen LogP contribution in [0.4, 0.5) is 8.78 Å². The van der Waals surface area contributed by atoms with E-state index in [9.17, 15) is 8.78 Å². The smallest absolute Gasteiger partial charge is 0.142 e. The van der Waals surface area contributed by atoms with E-state index in [1.165, 1.54) is 0 Å². The van der Waals surface area contributed by atoms with Crippen molar-refractivity contribution < 1.29 is 8.78 Å². The average Bonchev–Trinajstić information content (AvgIpc) is 2.26. The monoisotopic (exact) mass is 231 g/mol. The Morgan fingerprint density at radius 2 is 1.93 bits per heavy atom. The third kappa shape index (κ3) is 2.13. The first kappa shape index (κ1) is 10.8. The van der Waals surface area contributed by atoms with Crippen LogP contribution in [-0.2, 0) is 0 Å². The Kier molecular flexibility index (Phi) is 3.22. The van der Waals surface area contributed by atoms with Gasteiger partial charge in [0.2, 0.25) is 0 Å². The van der Waals surface area contributed by atoms with Crippen molar-refractivity contribution in [1.82, 2.24) is 5.32 Å². The summed E-state index contributed by atoms with van der Waals surface area (Å²) in [6.07, 6.45) is 2.90. The van der Waals surface area contributed by atoms with Crippen LogP contribution in [0.1, 0.15) is 30.9 Å². The second-order valence-electron chi connectivity index (χ2n) is 3.76. The number of benzene rings is 1. The van der Waals surface area contributed by atoms with Crippen molar-refractivity contribution in [2.75, 3.05) is 6.54 Å². The first-order valence-corrected chi connectivity index (χ1v) is 5.44. The Balaban J connectivity index is 2.36. The third-order valence-corrected chi connectivity index (χ3v) is 3.12. The van der Waals surface area contributed by atoms with Crippen molar-refractivity contribution in [3.8, 4) is 0 Å². The van der Waals surface area contributed by atoms with Gasteiger partial charge in [-0.2, -0.15) is 0 Å². The van der Waals surface area contributed by atoms with Crippen LogP contribution in [0.5, 0.6) is 0 Å². The molecule has 0 aliphatic carbocycles. The molecule has 1 atom stereocenters. The van der Waals surface area contributed by atoms with Crippen LogP contribution in [0.15, 0.2) is 12.1 Å². The van der Waals surface area contributed by atoms with Crippen molar-refractivity contribution in [2.24, 2.45) is 0 Å².